The van der Waals surface area contributed by atoms with E-state index in [2.05, 4.69) is 10.2 Å². The van der Waals surface area contributed by atoms with Crippen molar-refractivity contribution in [1.29, 1.82) is 0 Å². The van der Waals surface area contributed by atoms with E-state index in [1.807, 2.05) is 62.4 Å². The number of β-amino-alcohol motifs (C(OH)–C–C–N with tert-alkyl or cyclic N) is 1. The molecule has 2 aromatic rings. The second-order valence-electron chi connectivity index (χ2n) is 6.97. The van der Waals surface area contributed by atoms with Crippen LogP contribution < -0.4 is 5.32 Å². The highest BCUT2D eigenvalue weighted by Gasteiger charge is 2.37. The lowest BCUT2D eigenvalue weighted by atomic mass is 9.93. The molecule has 3 rings (SSSR count). The van der Waals surface area contributed by atoms with Gasteiger partial charge in [0.1, 0.15) is 5.60 Å². The molecule has 2 aromatic carbocycles. The Morgan fingerprint density at radius 2 is 1.92 bits per heavy atom. The summed E-state index contributed by atoms with van der Waals surface area (Å²) in [5, 5.41) is 13.9. The maximum Gasteiger partial charge on any atom is 0.225 e. The molecule has 4 nitrogen and oxygen atoms in total. The minimum atomic E-state index is -0.801. The first-order valence-corrected chi connectivity index (χ1v) is 8.84. The van der Waals surface area contributed by atoms with Crippen molar-refractivity contribution < 1.29 is 9.90 Å². The van der Waals surface area contributed by atoms with E-state index in [1.54, 1.807) is 0 Å². The van der Waals surface area contributed by atoms with Gasteiger partial charge in [-0.3, -0.25) is 9.69 Å². The number of rotatable bonds is 5. The summed E-state index contributed by atoms with van der Waals surface area (Å²) in [4.78, 5) is 14.4. The molecule has 0 saturated carbocycles. The fourth-order valence-corrected chi connectivity index (χ4v) is 3.40. The number of benzene rings is 2. The van der Waals surface area contributed by atoms with Crippen molar-refractivity contribution in [2.75, 3.05) is 25.0 Å². The zero-order valence-corrected chi connectivity index (χ0v) is 15.0. The van der Waals surface area contributed by atoms with E-state index in [-0.39, 0.29) is 5.91 Å². The van der Waals surface area contributed by atoms with Crippen LogP contribution in [0.1, 0.15) is 29.5 Å². The standard InChI is InChI=1S/C21H26N2O2/c1-16-7-6-10-19(17(16)2)22-20(24)11-13-23-14-12-21(25,15-23)18-8-4-3-5-9-18/h3-10,25H,11-15H2,1-2H3,(H,22,24)/t21-/m1/s1. The molecule has 4 heteroatoms. The first kappa shape index (κ1) is 17.6. The first-order valence-electron chi connectivity index (χ1n) is 8.84. The fraction of sp³-hybridized carbons (Fsp3) is 0.381. The van der Waals surface area contributed by atoms with Crippen LogP contribution in [-0.4, -0.2) is 35.5 Å². The van der Waals surface area contributed by atoms with E-state index in [0.29, 0.717) is 25.9 Å². The molecule has 1 aliphatic rings. The summed E-state index contributed by atoms with van der Waals surface area (Å²) in [7, 11) is 0. The average molecular weight is 338 g/mol. The molecule has 132 valence electrons. The summed E-state index contributed by atoms with van der Waals surface area (Å²) in [6, 6.07) is 15.7. The second-order valence-corrected chi connectivity index (χ2v) is 6.97. The molecule has 0 spiro atoms. The Kier molecular flexibility index (Phi) is 5.21. The molecule has 1 heterocycles. The maximum absolute atomic E-state index is 12.3. The summed E-state index contributed by atoms with van der Waals surface area (Å²) >= 11 is 0. The minimum absolute atomic E-state index is 0.0175. The number of amides is 1. The van der Waals surface area contributed by atoms with Gasteiger partial charge in [-0.15, -0.1) is 0 Å². The lowest BCUT2D eigenvalue weighted by Gasteiger charge is -2.24. The molecule has 0 unspecified atom stereocenters. The molecular formula is C21H26N2O2. The highest BCUT2D eigenvalue weighted by molar-refractivity contribution is 5.91. The van der Waals surface area contributed by atoms with E-state index in [0.717, 1.165) is 23.4 Å². The zero-order valence-electron chi connectivity index (χ0n) is 15.0. The molecule has 1 saturated heterocycles. The van der Waals surface area contributed by atoms with E-state index in [1.165, 1.54) is 5.56 Å². The van der Waals surface area contributed by atoms with Crippen molar-refractivity contribution in [3.8, 4) is 0 Å². The summed E-state index contributed by atoms with van der Waals surface area (Å²) < 4.78 is 0. The van der Waals surface area contributed by atoms with Gasteiger partial charge in [0, 0.05) is 31.7 Å². The number of anilines is 1. The van der Waals surface area contributed by atoms with Crippen LogP contribution in [0.3, 0.4) is 0 Å². The Balaban J connectivity index is 1.53. The highest BCUT2D eigenvalue weighted by Crippen LogP contribution is 2.31. The minimum Gasteiger partial charge on any atom is -0.384 e. The zero-order chi connectivity index (χ0) is 17.9. The lowest BCUT2D eigenvalue weighted by Crippen LogP contribution is -2.32. The number of likely N-dealkylation sites (tertiary alicyclic amines) is 1. The fourth-order valence-electron chi connectivity index (χ4n) is 3.40. The van der Waals surface area contributed by atoms with Crippen LogP contribution in [0.4, 0.5) is 5.69 Å². The van der Waals surface area contributed by atoms with Crippen molar-refractivity contribution in [2.24, 2.45) is 0 Å². The molecule has 0 bridgehead atoms. The van der Waals surface area contributed by atoms with Crippen molar-refractivity contribution in [3.63, 3.8) is 0 Å². The van der Waals surface area contributed by atoms with Crippen molar-refractivity contribution in [2.45, 2.75) is 32.3 Å². The Morgan fingerprint density at radius 3 is 2.68 bits per heavy atom. The topological polar surface area (TPSA) is 52.6 Å². The Morgan fingerprint density at radius 1 is 1.16 bits per heavy atom. The summed E-state index contributed by atoms with van der Waals surface area (Å²) in [6.07, 6.45) is 1.13. The number of hydrogen-bond donors (Lipinski definition) is 2. The van der Waals surface area contributed by atoms with Gasteiger partial charge in [-0.1, -0.05) is 42.5 Å². The van der Waals surface area contributed by atoms with Crippen LogP contribution in [-0.2, 0) is 10.4 Å². The third kappa shape index (κ3) is 4.09. The first-order chi connectivity index (χ1) is 12.0. The van der Waals surface area contributed by atoms with Gasteiger partial charge >= 0.3 is 0 Å². The normalized spacial score (nSPS) is 20.6. The van der Waals surface area contributed by atoms with Crippen LogP contribution in [0.5, 0.6) is 0 Å². The van der Waals surface area contributed by atoms with E-state index in [4.69, 9.17) is 0 Å². The van der Waals surface area contributed by atoms with Crippen LogP contribution in [0, 0.1) is 13.8 Å². The third-order valence-electron chi connectivity index (χ3n) is 5.17. The Labute approximate surface area is 149 Å². The lowest BCUT2D eigenvalue weighted by molar-refractivity contribution is -0.116. The monoisotopic (exact) mass is 338 g/mol. The van der Waals surface area contributed by atoms with Crippen molar-refractivity contribution >= 4 is 11.6 Å². The molecule has 0 aromatic heterocycles. The van der Waals surface area contributed by atoms with Crippen molar-refractivity contribution in [1.82, 2.24) is 4.90 Å². The second kappa shape index (κ2) is 7.38. The summed E-state index contributed by atoms with van der Waals surface area (Å²) in [5.41, 5.74) is 3.32. The molecule has 1 atom stereocenters. The maximum atomic E-state index is 12.3. The highest BCUT2D eigenvalue weighted by atomic mass is 16.3. The molecule has 0 aliphatic carbocycles. The van der Waals surface area contributed by atoms with Crippen LogP contribution in [0.15, 0.2) is 48.5 Å². The van der Waals surface area contributed by atoms with Gasteiger partial charge in [0.2, 0.25) is 5.91 Å². The van der Waals surface area contributed by atoms with Crippen LogP contribution in [0.25, 0.3) is 0 Å². The predicted molar refractivity (Wildman–Crippen MR) is 101 cm³/mol. The molecule has 25 heavy (non-hydrogen) atoms. The number of aliphatic hydroxyl groups is 1. The smallest absolute Gasteiger partial charge is 0.225 e. The molecular weight excluding hydrogens is 312 g/mol. The molecule has 0 radical (unpaired) electrons. The summed E-state index contributed by atoms with van der Waals surface area (Å²) in [5.74, 6) is 0.0175. The third-order valence-corrected chi connectivity index (χ3v) is 5.17. The van der Waals surface area contributed by atoms with Gasteiger partial charge in [0.15, 0.2) is 0 Å². The largest absolute Gasteiger partial charge is 0.384 e. The van der Waals surface area contributed by atoms with Gasteiger partial charge in [-0.2, -0.15) is 0 Å². The Hall–Kier alpha value is -2.17. The SMILES string of the molecule is Cc1cccc(NC(=O)CCN2CC[C@](O)(c3ccccc3)C2)c1C. The molecule has 1 fully saturated rings. The van der Waals surface area contributed by atoms with Crippen molar-refractivity contribution in [3.05, 3.63) is 65.2 Å². The van der Waals surface area contributed by atoms with E-state index < -0.39 is 5.60 Å². The number of nitrogens with one attached hydrogen (secondary N) is 1. The van der Waals surface area contributed by atoms with Crippen LogP contribution >= 0.6 is 0 Å². The van der Waals surface area contributed by atoms with E-state index in [9.17, 15) is 9.90 Å². The van der Waals surface area contributed by atoms with Crippen LogP contribution in [0.2, 0.25) is 0 Å². The van der Waals surface area contributed by atoms with Gasteiger partial charge in [0.05, 0.1) is 0 Å². The molecule has 1 amide bonds. The molecule has 1 aliphatic heterocycles. The predicted octanol–water partition coefficient (Wildman–Crippen LogP) is 3.23. The number of carbonyl (C=O) groups excluding carboxylic acids is 1. The number of nitrogens with zero attached hydrogens (tertiary/aromatic N) is 1. The average Bonchev–Trinajstić information content (AvgIpc) is 3.01. The van der Waals surface area contributed by atoms with Gasteiger partial charge in [0.25, 0.3) is 0 Å². The molecule has 2 N–H and O–H groups in total. The van der Waals surface area contributed by atoms with E-state index >= 15 is 0 Å². The van der Waals surface area contributed by atoms with Gasteiger partial charge in [-0.05, 0) is 43.0 Å². The Bertz CT molecular complexity index is 745. The van der Waals surface area contributed by atoms with Gasteiger partial charge in [-0.25, -0.2) is 0 Å². The van der Waals surface area contributed by atoms with Gasteiger partial charge < -0.3 is 10.4 Å². The quantitative estimate of drug-likeness (QED) is 0.880. The number of aryl methyl sites for hydroxylation is 1. The number of hydrogen-bond acceptors (Lipinski definition) is 3. The number of carbonyl (C=O) groups is 1. The summed E-state index contributed by atoms with van der Waals surface area (Å²) in [6.45, 7) is 6.10.